The summed E-state index contributed by atoms with van der Waals surface area (Å²) in [5.41, 5.74) is 4.66. The summed E-state index contributed by atoms with van der Waals surface area (Å²) in [6.45, 7) is 4.39. The van der Waals surface area contributed by atoms with Crippen LogP contribution in [0.25, 0.3) is 11.0 Å². The Kier molecular flexibility index (Phi) is 6.00. The predicted molar refractivity (Wildman–Crippen MR) is 122 cm³/mol. The summed E-state index contributed by atoms with van der Waals surface area (Å²) in [5.74, 6) is 0. The van der Waals surface area contributed by atoms with E-state index >= 15 is 0 Å². The van der Waals surface area contributed by atoms with Crippen molar-refractivity contribution in [1.29, 1.82) is 0 Å². The quantitative estimate of drug-likeness (QED) is 0.311. The highest BCUT2D eigenvalue weighted by Gasteiger charge is 2.36. The lowest BCUT2D eigenvalue weighted by molar-refractivity contribution is 0.362. The number of fused-ring (bicyclic) bond motifs is 1. The van der Waals surface area contributed by atoms with Crippen LogP contribution in [0.1, 0.15) is 37.3 Å². The number of thioether (sulfide) groups is 1. The number of rotatable bonds is 8. The van der Waals surface area contributed by atoms with Crippen LogP contribution in [0.15, 0.2) is 83.8 Å². The number of hydrogen-bond donors (Lipinski definition) is 0. The summed E-state index contributed by atoms with van der Waals surface area (Å²) >= 11 is 1.91. The number of benzene rings is 3. The maximum absolute atomic E-state index is 4.68. The molecule has 0 aliphatic rings. The van der Waals surface area contributed by atoms with E-state index < -0.39 is 0 Å². The van der Waals surface area contributed by atoms with Crippen LogP contribution in [-0.2, 0) is 11.3 Å². The van der Waals surface area contributed by atoms with Crippen LogP contribution in [0.4, 0.5) is 0 Å². The van der Waals surface area contributed by atoms with Crippen LogP contribution in [0.2, 0.25) is 0 Å². The molecule has 3 aromatic carbocycles. The molecule has 0 aliphatic carbocycles. The summed E-state index contributed by atoms with van der Waals surface area (Å²) in [4.78, 5) is 1.03. The first kappa shape index (κ1) is 19.7. The standard InChI is InChI=1S/C25H27N3S/c1-3-4-18-25(29-22-10-6-5-7-11-22,19-21-16-14-20(2)15-17-21)28-24-13-9-8-12-23(24)26-27-28/h5-17H,3-4,18-19H2,1-2H3. The van der Waals surface area contributed by atoms with Crippen LogP contribution < -0.4 is 0 Å². The molecule has 3 nitrogen and oxygen atoms in total. The van der Waals surface area contributed by atoms with Crippen molar-refractivity contribution in [2.75, 3.05) is 0 Å². The van der Waals surface area contributed by atoms with Crippen molar-refractivity contribution in [3.8, 4) is 0 Å². The van der Waals surface area contributed by atoms with Gasteiger partial charge in [-0.05, 0) is 43.2 Å². The van der Waals surface area contributed by atoms with E-state index in [0.717, 1.165) is 36.7 Å². The van der Waals surface area contributed by atoms with Gasteiger partial charge < -0.3 is 0 Å². The Balaban J connectivity index is 1.85. The Bertz CT molecular complexity index is 1060. The van der Waals surface area contributed by atoms with E-state index in [1.807, 2.05) is 23.9 Å². The number of aromatic nitrogens is 3. The zero-order valence-electron chi connectivity index (χ0n) is 17.1. The topological polar surface area (TPSA) is 30.7 Å². The average Bonchev–Trinajstić information content (AvgIpc) is 3.19. The summed E-state index contributed by atoms with van der Waals surface area (Å²) in [6.07, 6.45) is 4.22. The van der Waals surface area contributed by atoms with Gasteiger partial charge in [0.15, 0.2) is 0 Å². The molecule has 0 bridgehead atoms. The second-order valence-corrected chi connectivity index (χ2v) is 9.05. The third-order valence-electron chi connectivity index (χ3n) is 5.31. The Morgan fingerprint density at radius 2 is 1.62 bits per heavy atom. The monoisotopic (exact) mass is 401 g/mol. The molecule has 4 aromatic rings. The minimum atomic E-state index is -0.233. The molecule has 1 aromatic heterocycles. The minimum Gasteiger partial charge on any atom is -0.228 e. The van der Waals surface area contributed by atoms with Gasteiger partial charge in [0, 0.05) is 11.3 Å². The van der Waals surface area contributed by atoms with Gasteiger partial charge in [-0.15, -0.1) is 5.10 Å². The summed E-state index contributed by atoms with van der Waals surface area (Å²) in [5, 5.41) is 9.17. The molecular formula is C25H27N3S. The molecule has 0 fully saturated rings. The first-order chi connectivity index (χ1) is 14.2. The molecule has 0 radical (unpaired) electrons. The van der Waals surface area contributed by atoms with Crippen molar-refractivity contribution in [3.63, 3.8) is 0 Å². The summed E-state index contributed by atoms with van der Waals surface area (Å²) in [6, 6.07) is 27.9. The van der Waals surface area contributed by atoms with Gasteiger partial charge in [-0.1, -0.05) is 96.9 Å². The second-order valence-electron chi connectivity index (χ2n) is 7.62. The van der Waals surface area contributed by atoms with E-state index in [2.05, 4.69) is 95.6 Å². The van der Waals surface area contributed by atoms with Crippen LogP contribution >= 0.6 is 11.8 Å². The van der Waals surface area contributed by atoms with Crippen LogP contribution in [0.5, 0.6) is 0 Å². The van der Waals surface area contributed by atoms with Gasteiger partial charge in [-0.25, -0.2) is 4.68 Å². The first-order valence-electron chi connectivity index (χ1n) is 10.3. The number of aryl methyl sites for hydroxylation is 1. The van der Waals surface area contributed by atoms with Crippen molar-refractivity contribution in [1.82, 2.24) is 15.0 Å². The van der Waals surface area contributed by atoms with Gasteiger partial charge in [0.25, 0.3) is 0 Å². The molecule has 0 aliphatic heterocycles. The molecule has 0 spiro atoms. The number of nitrogens with zero attached hydrogens (tertiary/aromatic N) is 3. The third-order valence-corrected chi connectivity index (χ3v) is 6.72. The molecule has 29 heavy (non-hydrogen) atoms. The van der Waals surface area contributed by atoms with Gasteiger partial charge in [-0.2, -0.15) is 0 Å². The molecular weight excluding hydrogens is 374 g/mol. The summed E-state index contributed by atoms with van der Waals surface area (Å²) in [7, 11) is 0. The molecule has 1 atom stereocenters. The zero-order chi connectivity index (χ0) is 20.1. The van der Waals surface area contributed by atoms with Crippen molar-refractivity contribution >= 4 is 22.8 Å². The van der Waals surface area contributed by atoms with Crippen LogP contribution in [0, 0.1) is 6.92 Å². The third kappa shape index (κ3) is 4.38. The maximum atomic E-state index is 4.68. The van der Waals surface area contributed by atoms with E-state index in [1.165, 1.54) is 16.0 Å². The van der Waals surface area contributed by atoms with Crippen molar-refractivity contribution in [2.45, 2.75) is 49.3 Å². The van der Waals surface area contributed by atoms with Crippen molar-refractivity contribution < 1.29 is 0 Å². The number of hydrogen-bond acceptors (Lipinski definition) is 3. The Morgan fingerprint density at radius 3 is 2.38 bits per heavy atom. The lowest BCUT2D eigenvalue weighted by Crippen LogP contribution is -2.34. The fraction of sp³-hybridized carbons (Fsp3) is 0.280. The molecule has 4 rings (SSSR count). The first-order valence-corrected chi connectivity index (χ1v) is 11.1. The molecule has 1 heterocycles. The van der Waals surface area contributed by atoms with E-state index in [4.69, 9.17) is 0 Å². The molecule has 1 unspecified atom stereocenters. The van der Waals surface area contributed by atoms with E-state index in [9.17, 15) is 0 Å². The molecule has 0 N–H and O–H groups in total. The van der Waals surface area contributed by atoms with Gasteiger partial charge in [0.2, 0.25) is 0 Å². The van der Waals surface area contributed by atoms with Crippen LogP contribution in [0.3, 0.4) is 0 Å². The van der Waals surface area contributed by atoms with Crippen LogP contribution in [-0.4, -0.2) is 15.0 Å². The van der Waals surface area contributed by atoms with Gasteiger partial charge in [0.1, 0.15) is 10.4 Å². The Labute approximate surface area is 177 Å². The molecule has 0 saturated heterocycles. The molecule has 0 saturated carbocycles. The highest BCUT2D eigenvalue weighted by atomic mass is 32.2. The smallest absolute Gasteiger partial charge is 0.119 e. The SMILES string of the molecule is CCCCC(Cc1ccc(C)cc1)(Sc1ccccc1)n1nnc2ccccc21. The Morgan fingerprint density at radius 1 is 0.897 bits per heavy atom. The number of para-hydroxylation sites is 1. The second kappa shape index (κ2) is 8.83. The maximum Gasteiger partial charge on any atom is 0.119 e. The van der Waals surface area contributed by atoms with Crippen molar-refractivity contribution in [2.24, 2.45) is 0 Å². The van der Waals surface area contributed by atoms with E-state index in [-0.39, 0.29) is 4.87 Å². The lowest BCUT2D eigenvalue weighted by atomic mass is 9.99. The van der Waals surface area contributed by atoms with Gasteiger partial charge in [-0.3, -0.25) is 0 Å². The minimum absolute atomic E-state index is 0.233. The molecule has 148 valence electrons. The van der Waals surface area contributed by atoms with Gasteiger partial charge in [0.05, 0.1) is 5.52 Å². The lowest BCUT2D eigenvalue weighted by Gasteiger charge is -2.34. The van der Waals surface area contributed by atoms with Gasteiger partial charge >= 0.3 is 0 Å². The summed E-state index contributed by atoms with van der Waals surface area (Å²) < 4.78 is 2.18. The fourth-order valence-corrected chi connectivity index (χ4v) is 5.19. The highest BCUT2D eigenvalue weighted by molar-refractivity contribution is 8.00. The average molecular weight is 402 g/mol. The van der Waals surface area contributed by atoms with E-state index in [1.54, 1.807) is 0 Å². The molecule has 4 heteroatoms. The zero-order valence-corrected chi connectivity index (χ0v) is 17.9. The fourth-order valence-electron chi connectivity index (χ4n) is 3.76. The highest BCUT2D eigenvalue weighted by Crippen LogP contribution is 2.44. The predicted octanol–water partition coefficient (Wildman–Crippen LogP) is 6.62. The normalized spacial score (nSPS) is 13.4. The molecule has 0 amide bonds. The van der Waals surface area contributed by atoms with Crippen molar-refractivity contribution in [3.05, 3.63) is 90.0 Å². The Hall–Kier alpha value is -2.59. The number of unbranched alkanes of at least 4 members (excludes halogenated alkanes) is 1. The largest absolute Gasteiger partial charge is 0.228 e. The van der Waals surface area contributed by atoms with E-state index in [0.29, 0.717) is 0 Å².